The van der Waals surface area contributed by atoms with E-state index in [1.807, 2.05) is 12.2 Å². The fourth-order valence-corrected chi connectivity index (χ4v) is 3.52. The molecule has 0 aromatic heterocycles. The number of ether oxygens (including phenoxy) is 2. The summed E-state index contributed by atoms with van der Waals surface area (Å²) in [5, 5.41) is 9.31. The van der Waals surface area contributed by atoms with Gasteiger partial charge in [0.05, 0.1) is 13.2 Å². The van der Waals surface area contributed by atoms with E-state index in [0.717, 1.165) is 12.8 Å². The summed E-state index contributed by atoms with van der Waals surface area (Å²) in [6, 6.07) is 0. The zero-order valence-electron chi connectivity index (χ0n) is 11.4. The lowest BCUT2D eigenvalue weighted by molar-refractivity contribution is -0.316. The Hall–Kier alpha value is -0.640. The number of hydrogen-bond acceptors (Lipinski definition) is 3. The minimum atomic E-state index is -0.447. The molecule has 1 saturated heterocycles. The van der Waals surface area contributed by atoms with E-state index in [0.29, 0.717) is 6.61 Å². The zero-order chi connectivity index (χ0) is 13.4. The fourth-order valence-electron chi connectivity index (χ4n) is 3.52. The molecule has 0 aromatic rings. The summed E-state index contributed by atoms with van der Waals surface area (Å²) in [4.78, 5) is 0. The Labute approximate surface area is 109 Å². The number of fused-ring (bicyclic) bond motifs is 1. The van der Waals surface area contributed by atoms with Crippen molar-refractivity contribution in [2.45, 2.75) is 44.0 Å². The van der Waals surface area contributed by atoms with Crippen LogP contribution in [0.1, 0.15) is 26.7 Å². The van der Waals surface area contributed by atoms with E-state index in [1.165, 1.54) is 0 Å². The summed E-state index contributed by atoms with van der Waals surface area (Å²) in [7, 11) is 0. The third-order valence-corrected chi connectivity index (χ3v) is 4.94. The maximum atomic E-state index is 9.31. The van der Waals surface area contributed by atoms with Gasteiger partial charge in [-0.25, -0.2) is 0 Å². The molecule has 2 fully saturated rings. The van der Waals surface area contributed by atoms with Gasteiger partial charge in [-0.15, -0.1) is 13.2 Å². The second-order valence-corrected chi connectivity index (χ2v) is 5.71. The maximum absolute atomic E-state index is 9.31. The molecule has 1 saturated carbocycles. The summed E-state index contributed by atoms with van der Waals surface area (Å²) < 4.78 is 12.3. The summed E-state index contributed by atoms with van der Waals surface area (Å²) >= 11 is 0. The lowest BCUT2D eigenvalue weighted by Crippen LogP contribution is -2.68. The van der Waals surface area contributed by atoms with Gasteiger partial charge in [-0.05, 0) is 26.7 Å². The molecule has 2 rings (SSSR count). The molecule has 0 spiro atoms. The molecule has 0 aromatic carbocycles. The van der Waals surface area contributed by atoms with Crippen molar-refractivity contribution in [1.82, 2.24) is 0 Å². The van der Waals surface area contributed by atoms with Crippen molar-refractivity contribution in [3.8, 4) is 0 Å². The normalized spacial score (nSPS) is 48.3. The Morgan fingerprint density at radius 2 is 1.72 bits per heavy atom. The lowest BCUT2D eigenvalue weighted by atomic mass is 9.61. The molecule has 102 valence electrons. The van der Waals surface area contributed by atoms with E-state index < -0.39 is 11.2 Å². The Morgan fingerprint density at radius 3 is 2.22 bits per heavy atom. The van der Waals surface area contributed by atoms with Crippen molar-refractivity contribution in [3.05, 3.63) is 25.3 Å². The summed E-state index contributed by atoms with van der Waals surface area (Å²) in [6.45, 7) is 12.5. The van der Waals surface area contributed by atoms with Crippen molar-refractivity contribution < 1.29 is 14.6 Å². The van der Waals surface area contributed by atoms with Gasteiger partial charge in [-0.3, -0.25) is 0 Å². The molecule has 1 aliphatic carbocycles. The first-order chi connectivity index (χ1) is 8.51. The van der Waals surface area contributed by atoms with Crippen molar-refractivity contribution >= 4 is 0 Å². The van der Waals surface area contributed by atoms with Gasteiger partial charge < -0.3 is 14.6 Å². The van der Waals surface area contributed by atoms with Crippen molar-refractivity contribution in [2.24, 2.45) is 11.8 Å². The fraction of sp³-hybridized carbons (Fsp3) is 0.733. The second-order valence-electron chi connectivity index (χ2n) is 5.71. The molecule has 1 aliphatic heterocycles. The third-order valence-electron chi connectivity index (χ3n) is 4.94. The predicted molar refractivity (Wildman–Crippen MR) is 71.3 cm³/mol. The van der Waals surface area contributed by atoms with Gasteiger partial charge in [-0.2, -0.15) is 0 Å². The number of hydrogen-bond donors (Lipinski definition) is 1. The van der Waals surface area contributed by atoms with Crippen LogP contribution >= 0.6 is 0 Å². The summed E-state index contributed by atoms with van der Waals surface area (Å²) in [5.41, 5.74) is -0.838. The van der Waals surface area contributed by atoms with Gasteiger partial charge in [-0.1, -0.05) is 12.2 Å². The molecule has 1 heterocycles. The van der Waals surface area contributed by atoms with Crippen LogP contribution in [0.3, 0.4) is 0 Å². The van der Waals surface area contributed by atoms with Crippen LogP contribution in [0.4, 0.5) is 0 Å². The first-order valence-corrected chi connectivity index (χ1v) is 6.69. The van der Waals surface area contributed by atoms with E-state index in [1.54, 1.807) is 0 Å². The number of aliphatic hydroxyl groups excluding tert-OH is 1. The highest BCUT2D eigenvalue weighted by atomic mass is 16.6. The monoisotopic (exact) mass is 252 g/mol. The topological polar surface area (TPSA) is 38.7 Å². The van der Waals surface area contributed by atoms with Crippen LogP contribution in [0.15, 0.2) is 25.3 Å². The molecular formula is C15H24O3. The minimum absolute atomic E-state index is 0.00567. The molecule has 3 heteroatoms. The van der Waals surface area contributed by atoms with Crippen molar-refractivity contribution in [2.75, 3.05) is 13.2 Å². The maximum Gasteiger partial charge on any atom is 0.105 e. The highest BCUT2D eigenvalue weighted by Gasteiger charge is 2.60. The van der Waals surface area contributed by atoms with Crippen LogP contribution in [0.25, 0.3) is 0 Å². The quantitative estimate of drug-likeness (QED) is 0.783. The Kier molecular flexibility index (Phi) is 3.67. The third kappa shape index (κ3) is 1.77. The SMILES string of the molecule is C=CC1CCC(C=C)C2(C)OC(CO)COC12C. The van der Waals surface area contributed by atoms with Crippen LogP contribution in [-0.4, -0.2) is 35.6 Å². The highest BCUT2D eigenvalue weighted by Crippen LogP contribution is 2.52. The molecule has 5 unspecified atom stereocenters. The van der Waals surface area contributed by atoms with Gasteiger partial charge >= 0.3 is 0 Å². The van der Waals surface area contributed by atoms with Crippen molar-refractivity contribution in [1.29, 1.82) is 0 Å². The van der Waals surface area contributed by atoms with Gasteiger partial charge in [0.15, 0.2) is 0 Å². The Morgan fingerprint density at radius 1 is 1.17 bits per heavy atom. The van der Waals surface area contributed by atoms with Crippen LogP contribution in [0.2, 0.25) is 0 Å². The lowest BCUT2D eigenvalue weighted by Gasteiger charge is -2.59. The van der Waals surface area contributed by atoms with Crippen LogP contribution in [0.5, 0.6) is 0 Å². The minimum Gasteiger partial charge on any atom is -0.394 e. The zero-order valence-corrected chi connectivity index (χ0v) is 11.4. The smallest absolute Gasteiger partial charge is 0.105 e. The summed E-state index contributed by atoms with van der Waals surface area (Å²) in [6.07, 6.45) is 5.75. The largest absolute Gasteiger partial charge is 0.394 e. The molecule has 0 amide bonds. The first-order valence-electron chi connectivity index (χ1n) is 6.69. The average Bonchev–Trinajstić information content (AvgIpc) is 2.37. The molecule has 1 N–H and O–H groups in total. The Balaban J connectivity index is 2.38. The van der Waals surface area contributed by atoms with E-state index in [4.69, 9.17) is 9.47 Å². The molecule has 2 aliphatic rings. The van der Waals surface area contributed by atoms with Gasteiger partial charge in [0, 0.05) is 11.8 Å². The van der Waals surface area contributed by atoms with Crippen LogP contribution in [-0.2, 0) is 9.47 Å². The van der Waals surface area contributed by atoms with Gasteiger partial charge in [0.1, 0.15) is 17.3 Å². The highest BCUT2D eigenvalue weighted by molar-refractivity contribution is 5.16. The van der Waals surface area contributed by atoms with Crippen molar-refractivity contribution in [3.63, 3.8) is 0 Å². The molecular weight excluding hydrogens is 228 g/mol. The molecule has 3 nitrogen and oxygen atoms in total. The number of aliphatic hydroxyl groups is 1. The molecule has 0 bridgehead atoms. The van der Waals surface area contributed by atoms with E-state index in [9.17, 15) is 5.11 Å². The Bertz CT molecular complexity index is 341. The molecule has 0 radical (unpaired) electrons. The van der Waals surface area contributed by atoms with Gasteiger partial charge in [0.2, 0.25) is 0 Å². The summed E-state index contributed by atoms with van der Waals surface area (Å²) in [5.74, 6) is 0.520. The van der Waals surface area contributed by atoms with Crippen LogP contribution < -0.4 is 0 Å². The van der Waals surface area contributed by atoms with Crippen LogP contribution in [0, 0.1) is 11.8 Å². The molecule has 18 heavy (non-hydrogen) atoms. The predicted octanol–water partition coefficient (Wildman–Crippen LogP) is 2.31. The number of rotatable bonds is 3. The van der Waals surface area contributed by atoms with E-state index in [-0.39, 0.29) is 24.5 Å². The average molecular weight is 252 g/mol. The second kappa shape index (κ2) is 4.80. The van der Waals surface area contributed by atoms with Gasteiger partial charge in [0.25, 0.3) is 0 Å². The van der Waals surface area contributed by atoms with E-state index in [2.05, 4.69) is 27.0 Å². The first kappa shape index (κ1) is 13.8. The standard InChI is InChI=1S/C15H24O3/c1-5-11-7-8-12(6-2)15(4)14(11,3)17-10-13(9-16)18-15/h5-6,11-13,16H,1-2,7-10H2,3-4H3. The van der Waals surface area contributed by atoms with E-state index >= 15 is 0 Å². The molecule has 5 atom stereocenters.